The molecule has 28 heavy (non-hydrogen) atoms. The van der Waals surface area contributed by atoms with E-state index in [1.807, 2.05) is 0 Å². The van der Waals surface area contributed by atoms with Crippen molar-refractivity contribution in [1.82, 2.24) is 10.7 Å². The molecule has 2 N–H and O–H groups in total. The van der Waals surface area contributed by atoms with E-state index in [4.69, 9.17) is 46.4 Å². The Kier molecular flexibility index (Phi) is 8.13. The zero-order chi connectivity index (χ0) is 20.8. The van der Waals surface area contributed by atoms with Crippen LogP contribution in [0.25, 0.3) is 0 Å². The Morgan fingerprint density at radius 1 is 1.04 bits per heavy atom. The Labute approximate surface area is 183 Å². The summed E-state index contributed by atoms with van der Waals surface area (Å²) in [5.74, 6) is -1.17. The maximum Gasteiger partial charge on any atom is 0.262 e. The van der Waals surface area contributed by atoms with Gasteiger partial charge in [-0.2, -0.15) is 5.10 Å². The van der Waals surface area contributed by atoms with Crippen molar-refractivity contribution in [1.29, 1.82) is 0 Å². The van der Waals surface area contributed by atoms with Crippen LogP contribution in [0.4, 0.5) is 0 Å². The first kappa shape index (κ1) is 22.5. The summed E-state index contributed by atoms with van der Waals surface area (Å²) in [5, 5.41) is 7.87. The fourth-order valence-electron chi connectivity index (χ4n) is 2.28. The lowest BCUT2D eigenvalue weighted by Crippen LogP contribution is -2.48. The monoisotopic (exact) mass is 459 g/mol. The smallest absolute Gasteiger partial charge is 0.262 e. The van der Waals surface area contributed by atoms with Gasteiger partial charge in [0.2, 0.25) is 0 Å². The van der Waals surface area contributed by atoms with Crippen LogP contribution in [0.5, 0.6) is 0 Å². The van der Waals surface area contributed by atoms with Crippen molar-refractivity contribution in [2.45, 2.75) is 19.9 Å². The lowest BCUT2D eigenvalue weighted by atomic mass is 10.0. The largest absolute Gasteiger partial charge is 0.340 e. The first-order chi connectivity index (χ1) is 13.2. The molecule has 2 aromatic rings. The molecule has 0 bridgehead atoms. The summed E-state index contributed by atoms with van der Waals surface area (Å²) in [6.07, 6.45) is 1.38. The van der Waals surface area contributed by atoms with Crippen LogP contribution in [0.3, 0.4) is 0 Å². The van der Waals surface area contributed by atoms with Gasteiger partial charge in [-0.15, -0.1) is 0 Å². The van der Waals surface area contributed by atoms with E-state index >= 15 is 0 Å². The van der Waals surface area contributed by atoms with Gasteiger partial charge in [-0.1, -0.05) is 72.4 Å². The second-order valence-corrected chi connectivity index (χ2v) is 7.83. The predicted molar refractivity (Wildman–Crippen MR) is 115 cm³/mol. The van der Waals surface area contributed by atoms with E-state index in [0.29, 0.717) is 20.6 Å². The molecule has 1 atom stereocenters. The second kappa shape index (κ2) is 10.1. The van der Waals surface area contributed by atoms with E-state index in [0.717, 1.165) is 0 Å². The molecular formula is C19H17Cl4N3O2. The van der Waals surface area contributed by atoms with Crippen molar-refractivity contribution in [2.24, 2.45) is 11.0 Å². The van der Waals surface area contributed by atoms with Crippen LogP contribution in [0.1, 0.15) is 29.8 Å². The highest BCUT2D eigenvalue weighted by Gasteiger charge is 2.25. The summed E-state index contributed by atoms with van der Waals surface area (Å²) in [6.45, 7) is 3.59. The summed E-state index contributed by atoms with van der Waals surface area (Å²) in [7, 11) is 0. The average molecular weight is 461 g/mol. The molecule has 0 fully saturated rings. The number of hydrogen-bond acceptors (Lipinski definition) is 3. The minimum Gasteiger partial charge on any atom is -0.340 e. The van der Waals surface area contributed by atoms with Crippen molar-refractivity contribution in [3.63, 3.8) is 0 Å². The number of nitrogens with one attached hydrogen (secondary N) is 2. The third-order valence-corrected chi connectivity index (χ3v) is 5.15. The highest BCUT2D eigenvalue weighted by Crippen LogP contribution is 2.24. The van der Waals surface area contributed by atoms with Gasteiger partial charge in [-0.05, 0) is 30.2 Å². The van der Waals surface area contributed by atoms with E-state index < -0.39 is 17.9 Å². The van der Waals surface area contributed by atoms with Crippen molar-refractivity contribution in [3.8, 4) is 0 Å². The third-order valence-electron chi connectivity index (χ3n) is 3.77. The summed E-state index contributed by atoms with van der Waals surface area (Å²) in [6, 6.07) is 8.73. The predicted octanol–water partition coefficient (Wildman–Crippen LogP) is 5.20. The highest BCUT2D eigenvalue weighted by molar-refractivity contribution is 6.43. The van der Waals surface area contributed by atoms with E-state index in [1.165, 1.54) is 18.3 Å². The van der Waals surface area contributed by atoms with Crippen LogP contribution in [0.2, 0.25) is 20.1 Å². The molecule has 2 aromatic carbocycles. The number of hydrazone groups is 1. The summed E-state index contributed by atoms with van der Waals surface area (Å²) >= 11 is 23.9. The van der Waals surface area contributed by atoms with Gasteiger partial charge in [0.15, 0.2) is 0 Å². The number of carbonyl (C=O) groups is 2. The van der Waals surface area contributed by atoms with Gasteiger partial charge in [0, 0.05) is 10.6 Å². The van der Waals surface area contributed by atoms with E-state index in [1.54, 1.807) is 38.1 Å². The number of halogens is 4. The highest BCUT2D eigenvalue weighted by atomic mass is 35.5. The number of nitrogens with zero attached hydrogens (tertiary/aromatic N) is 1. The molecule has 5 nitrogen and oxygen atoms in total. The molecule has 0 aromatic heterocycles. The van der Waals surface area contributed by atoms with E-state index in [-0.39, 0.29) is 16.5 Å². The van der Waals surface area contributed by atoms with Crippen LogP contribution in [-0.4, -0.2) is 24.1 Å². The molecular weight excluding hydrogens is 444 g/mol. The minimum absolute atomic E-state index is 0.194. The van der Waals surface area contributed by atoms with Crippen LogP contribution >= 0.6 is 46.4 Å². The molecule has 0 saturated heterocycles. The molecule has 0 aliphatic carbocycles. The van der Waals surface area contributed by atoms with Crippen LogP contribution < -0.4 is 10.7 Å². The summed E-state index contributed by atoms with van der Waals surface area (Å²) in [4.78, 5) is 25.0. The molecule has 2 amide bonds. The summed E-state index contributed by atoms with van der Waals surface area (Å²) < 4.78 is 0. The summed E-state index contributed by atoms with van der Waals surface area (Å²) in [5.41, 5.74) is 3.17. The molecule has 0 saturated carbocycles. The molecule has 0 spiro atoms. The zero-order valence-electron chi connectivity index (χ0n) is 15.0. The molecule has 1 unspecified atom stereocenters. The Morgan fingerprint density at radius 2 is 1.75 bits per heavy atom. The van der Waals surface area contributed by atoms with Gasteiger partial charge < -0.3 is 5.32 Å². The SMILES string of the molecule is CC(C)C(NC(=O)c1ccc(Cl)cc1Cl)C(=O)N/N=C/c1cccc(Cl)c1Cl. The third kappa shape index (κ3) is 5.85. The number of amides is 2. The van der Waals surface area contributed by atoms with Crippen molar-refractivity contribution in [2.75, 3.05) is 0 Å². The number of hydrogen-bond donors (Lipinski definition) is 2. The average Bonchev–Trinajstić information content (AvgIpc) is 2.62. The van der Waals surface area contributed by atoms with Crippen LogP contribution in [0, 0.1) is 5.92 Å². The Hall–Kier alpha value is -1.79. The van der Waals surface area contributed by atoms with Gasteiger partial charge in [0.25, 0.3) is 11.8 Å². The fraction of sp³-hybridized carbons (Fsp3) is 0.211. The molecule has 0 radical (unpaired) electrons. The topological polar surface area (TPSA) is 70.6 Å². The maximum absolute atomic E-state index is 12.5. The quantitative estimate of drug-likeness (QED) is 0.459. The van der Waals surface area contributed by atoms with Gasteiger partial charge in [-0.3, -0.25) is 9.59 Å². The van der Waals surface area contributed by atoms with Crippen molar-refractivity contribution < 1.29 is 9.59 Å². The standard InChI is InChI=1S/C19H17Cl4N3O2/c1-10(2)17(25-18(27)13-7-6-12(20)8-15(13)22)19(28)26-24-9-11-4-3-5-14(21)16(11)23/h3-10,17H,1-2H3,(H,25,27)(H,26,28)/b24-9+. The minimum atomic E-state index is -0.828. The van der Waals surface area contributed by atoms with Crippen LogP contribution in [0.15, 0.2) is 41.5 Å². The molecule has 0 aliphatic rings. The zero-order valence-corrected chi connectivity index (χ0v) is 18.0. The lowest BCUT2D eigenvalue weighted by Gasteiger charge is -2.20. The number of carbonyl (C=O) groups excluding carboxylic acids is 2. The Bertz CT molecular complexity index is 916. The molecule has 9 heteroatoms. The normalized spacial score (nSPS) is 12.2. The Balaban J connectivity index is 2.08. The molecule has 0 heterocycles. The molecule has 148 valence electrons. The van der Waals surface area contributed by atoms with E-state index in [9.17, 15) is 9.59 Å². The van der Waals surface area contributed by atoms with Gasteiger partial charge in [-0.25, -0.2) is 5.43 Å². The first-order valence-electron chi connectivity index (χ1n) is 8.23. The molecule has 0 aliphatic heterocycles. The van der Waals surface area contributed by atoms with Gasteiger partial charge in [0.1, 0.15) is 6.04 Å². The number of benzene rings is 2. The van der Waals surface area contributed by atoms with Gasteiger partial charge in [0.05, 0.1) is 26.8 Å². The van der Waals surface area contributed by atoms with Crippen molar-refractivity contribution >= 4 is 64.4 Å². The molecule has 2 rings (SSSR count). The Morgan fingerprint density at radius 3 is 2.39 bits per heavy atom. The van der Waals surface area contributed by atoms with Crippen molar-refractivity contribution in [3.05, 3.63) is 67.6 Å². The lowest BCUT2D eigenvalue weighted by molar-refractivity contribution is -0.123. The number of rotatable bonds is 6. The maximum atomic E-state index is 12.5. The fourth-order valence-corrected chi connectivity index (χ4v) is 3.13. The van der Waals surface area contributed by atoms with Gasteiger partial charge >= 0.3 is 0 Å². The first-order valence-corrected chi connectivity index (χ1v) is 9.74. The second-order valence-electron chi connectivity index (χ2n) is 6.20. The van der Waals surface area contributed by atoms with Crippen LogP contribution in [-0.2, 0) is 4.79 Å². The van der Waals surface area contributed by atoms with E-state index in [2.05, 4.69) is 15.8 Å².